The van der Waals surface area contributed by atoms with Crippen LogP contribution in [0, 0.1) is 6.92 Å². The highest BCUT2D eigenvalue weighted by atomic mass is 16.5. The molecule has 1 heterocycles. The predicted octanol–water partition coefficient (Wildman–Crippen LogP) is 2.67. The summed E-state index contributed by atoms with van der Waals surface area (Å²) in [5, 5.41) is 2.89. The van der Waals surface area contributed by atoms with Crippen LogP contribution < -0.4 is 10.2 Å². The van der Waals surface area contributed by atoms with Gasteiger partial charge in [0.15, 0.2) is 5.82 Å². The second-order valence-electron chi connectivity index (χ2n) is 5.98. The van der Waals surface area contributed by atoms with Crippen molar-refractivity contribution >= 4 is 11.7 Å². The zero-order valence-electron chi connectivity index (χ0n) is 15.4. The van der Waals surface area contributed by atoms with E-state index in [0.717, 1.165) is 23.4 Å². The van der Waals surface area contributed by atoms with Crippen LogP contribution in [0.2, 0.25) is 0 Å². The Morgan fingerprint density at radius 1 is 1.24 bits per heavy atom. The number of aryl methyl sites for hydroxylation is 1. The van der Waals surface area contributed by atoms with Crippen molar-refractivity contribution in [3.63, 3.8) is 0 Å². The minimum absolute atomic E-state index is 0.0816. The summed E-state index contributed by atoms with van der Waals surface area (Å²) in [6, 6.07) is 7.34. The summed E-state index contributed by atoms with van der Waals surface area (Å²) in [4.78, 5) is 23.1. The first kappa shape index (κ1) is 18.9. The van der Waals surface area contributed by atoms with E-state index in [0.29, 0.717) is 31.1 Å². The first-order valence-corrected chi connectivity index (χ1v) is 8.50. The molecule has 0 saturated heterocycles. The van der Waals surface area contributed by atoms with Crippen LogP contribution in [0.4, 0.5) is 5.82 Å². The Bertz CT molecular complexity index is 699. The molecule has 0 spiro atoms. The zero-order valence-corrected chi connectivity index (χ0v) is 15.4. The van der Waals surface area contributed by atoms with Gasteiger partial charge in [-0.15, -0.1) is 0 Å². The van der Waals surface area contributed by atoms with E-state index in [4.69, 9.17) is 4.74 Å². The maximum absolute atomic E-state index is 12.1. The standard InChI is InChI=1S/C19H26N4O2/c1-5-25-12-6-11-20-19(24)16-9-7-15(8-10-16)17-21-13-14(2)18(22-17)23(3)4/h7-10,13H,5-6,11-12H2,1-4H3,(H,20,24). The Morgan fingerprint density at radius 3 is 2.60 bits per heavy atom. The Labute approximate surface area is 149 Å². The third-order valence-electron chi connectivity index (χ3n) is 3.73. The van der Waals surface area contributed by atoms with Gasteiger partial charge >= 0.3 is 0 Å². The highest BCUT2D eigenvalue weighted by molar-refractivity contribution is 5.94. The number of anilines is 1. The topological polar surface area (TPSA) is 67.3 Å². The minimum atomic E-state index is -0.0816. The number of ether oxygens (including phenoxy) is 1. The van der Waals surface area contributed by atoms with Crippen molar-refractivity contribution in [1.82, 2.24) is 15.3 Å². The molecule has 0 aliphatic rings. The van der Waals surface area contributed by atoms with Gasteiger partial charge in [-0.05, 0) is 32.4 Å². The lowest BCUT2D eigenvalue weighted by Crippen LogP contribution is -2.25. The van der Waals surface area contributed by atoms with Crippen molar-refractivity contribution in [3.8, 4) is 11.4 Å². The summed E-state index contributed by atoms with van der Waals surface area (Å²) in [6.45, 7) is 5.91. The van der Waals surface area contributed by atoms with E-state index < -0.39 is 0 Å². The maximum Gasteiger partial charge on any atom is 0.251 e. The van der Waals surface area contributed by atoms with E-state index in [1.807, 2.05) is 51.2 Å². The second kappa shape index (κ2) is 9.13. The van der Waals surface area contributed by atoms with Crippen molar-refractivity contribution in [1.29, 1.82) is 0 Å². The molecule has 2 aromatic rings. The Kier molecular flexibility index (Phi) is 6.89. The molecule has 0 atom stereocenters. The molecular formula is C19H26N4O2. The number of carbonyl (C=O) groups is 1. The number of benzene rings is 1. The Balaban J connectivity index is 2.02. The van der Waals surface area contributed by atoms with Gasteiger partial charge < -0.3 is 15.0 Å². The summed E-state index contributed by atoms with van der Waals surface area (Å²) in [5.41, 5.74) is 2.54. The van der Waals surface area contributed by atoms with Crippen LogP contribution in [-0.2, 0) is 4.74 Å². The number of amides is 1. The molecule has 1 amide bonds. The number of hydrogen-bond donors (Lipinski definition) is 1. The molecule has 0 aliphatic heterocycles. The molecule has 1 aromatic heterocycles. The lowest BCUT2D eigenvalue weighted by atomic mass is 10.1. The van der Waals surface area contributed by atoms with Gasteiger partial charge in [0.05, 0.1) is 0 Å². The van der Waals surface area contributed by atoms with E-state index in [-0.39, 0.29) is 5.91 Å². The van der Waals surface area contributed by atoms with E-state index in [1.165, 1.54) is 0 Å². The highest BCUT2D eigenvalue weighted by Crippen LogP contribution is 2.20. The third kappa shape index (κ3) is 5.26. The van der Waals surface area contributed by atoms with Gasteiger partial charge in [-0.1, -0.05) is 12.1 Å². The van der Waals surface area contributed by atoms with E-state index in [1.54, 1.807) is 12.1 Å². The average molecular weight is 342 g/mol. The van der Waals surface area contributed by atoms with Crippen LogP contribution in [-0.4, -0.2) is 49.7 Å². The molecule has 2 rings (SSSR count). The van der Waals surface area contributed by atoms with E-state index in [9.17, 15) is 4.79 Å². The maximum atomic E-state index is 12.1. The quantitative estimate of drug-likeness (QED) is 0.747. The summed E-state index contributed by atoms with van der Waals surface area (Å²) >= 11 is 0. The summed E-state index contributed by atoms with van der Waals surface area (Å²) in [5.74, 6) is 1.46. The molecule has 0 aliphatic carbocycles. The normalized spacial score (nSPS) is 10.6. The molecule has 6 nitrogen and oxygen atoms in total. The SMILES string of the molecule is CCOCCCNC(=O)c1ccc(-c2ncc(C)c(N(C)C)n2)cc1. The van der Waals surface area contributed by atoms with Crippen LogP contribution in [0.15, 0.2) is 30.5 Å². The number of carbonyl (C=O) groups excluding carboxylic acids is 1. The van der Waals surface area contributed by atoms with Crippen molar-refractivity contribution in [2.75, 3.05) is 38.8 Å². The number of hydrogen-bond acceptors (Lipinski definition) is 5. The molecule has 0 saturated carbocycles. The van der Waals surface area contributed by atoms with E-state index in [2.05, 4.69) is 15.3 Å². The second-order valence-corrected chi connectivity index (χ2v) is 5.98. The molecule has 1 N–H and O–H groups in total. The van der Waals surface area contributed by atoms with Crippen molar-refractivity contribution in [2.45, 2.75) is 20.3 Å². The highest BCUT2D eigenvalue weighted by Gasteiger charge is 2.09. The molecular weight excluding hydrogens is 316 g/mol. The minimum Gasteiger partial charge on any atom is -0.382 e. The van der Waals surface area contributed by atoms with Gasteiger partial charge in [-0.3, -0.25) is 4.79 Å². The third-order valence-corrected chi connectivity index (χ3v) is 3.73. The fourth-order valence-corrected chi connectivity index (χ4v) is 2.42. The molecule has 0 unspecified atom stereocenters. The van der Waals surface area contributed by atoms with Crippen LogP contribution in [0.1, 0.15) is 29.3 Å². The van der Waals surface area contributed by atoms with Gasteiger partial charge in [0, 0.05) is 56.7 Å². The van der Waals surface area contributed by atoms with Gasteiger partial charge in [-0.2, -0.15) is 0 Å². The lowest BCUT2D eigenvalue weighted by Gasteiger charge is -2.14. The number of nitrogens with zero attached hydrogens (tertiary/aromatic N) is 3. The van der Waals surface area contributed by atoms with E-state index >= 15 is 0 Å². The first-order chi connectivity index (χ1) is 12.0. The van der Waals surface area contributed by atoms with Gasteiger partial charge in [-0.25, -0.2) is 9.97 Å². The molecule has 6 heteroatoms. The van der Waals surface area contributed by atoms with Gasteiger partial charge in [0.1, 0.15) is 5.82 Å². The number of nitrogens with one attached hydrogen (secondary N) is 1. The summed E-state index contributed by atoms with van der Waals surface area (Å²) in [6.07, 6.45) is 2.62. The van der Waals surface area contributed by atoms with Gasteiger partial charge in [0.2, 0.25) is 0 Å². The largest absolute Gasteiger partial charge is 0.382 e. The van der Waals surface area contributed by atoms with Crippen molar-refractivity contribution < 1.29 is 9.53 Å². The number of aromatic nitrogens is 2. The molecule has 1 aromatic carbocycles. The fourth-order valence-electron chi connectivity index (χ4n) is 2.42. The average Bonchev–Trinajstić information content (AvgIpc) is 2.61. The van der Waals surface area contributed by atoms with Gasteiger partial charge in [0.25, 0.3) is 5.91 Å². The Hall–Kier alpha value is -2.47. The first-order valence-electron chi connectivity index (χ1n) is 8.50. The number of rotatable bonds is 8. The van der Waals surface area contributed by atoms with Crippen molar-refractivity contribution in [2.24, 2.45) is 0 Å². The molecule has 0 bridgehead atoms. The van der Waals surface area contributed by atoms with Crippen molar-refractivity contribution in [3.05, 3.63) is 41.6 Å². The van der Waals surface area contributed by atoms with Crippen LogP contribution in [0.5, 0.6) is 0 Å². The van der Waals surface area contributed by atoms with Crippen LogP contribution >= 0.6 is 0 Å². The molecule has 0 fully saturated rings. The summed E-state index contributed by atoms with van der Waals surface area (Å²) in [7, 11) is 3.91. The zero-order chi connectivity index (χ0) is 18.2. The summed E-state index contributed by atoms with van der Waals surface area (Å²) < 4.78 is 5.25. The fraction of sp³-hybridized carbons (Fsp3) is 0.421. The lowest BCUT2D eigenvalue weighted by molar-refractivity contribution is 0.0944. The smallest absolute Gasteiger partial charge is 0.251 e. The van der Waals surface area contributed by atoms with Crippen LogP contribution in [0.3, 0.4) is 0 Å². The monoisotopic (exact) mass is 342 g/mol. The Morgan fingerprint density at radius 2 is 1.96 bits per heavy atom. The van der Waals surface area contributed by atoms with Crippen LogP contribution in [0.25, 0.3) is 11.4 Å². The molecule has 25 heavy (non-hydrogen) atoms. The molecule has 134 valence electrons. The molecule has 0 radical (unpaired) electrons. The predicted molar refractivity (Wildman–Crippen MR) is 100.0 cm³/mol.